The number of ether oxygens (including phenoxy) is 2. The zero-order valence-corrected chi connectivity index (χ0v) is 14.3. The number of methoxy groups -OCH3 is 2. The molecule has 0 aliphatic rings. The molecule has 0 heterocycles. The van der Waals surface area contributed by atoms with Crippen molar-refractivity contribution in [2.45, 2.75) is 12.8 Å². The molecule has 0 bridgehead atoms. The third kappa shape index (κ3) is 4.57. The summed E-state index contributed by atoms with van der Waals surface area (Å²) in [6.45, 7) is 0. The fourth-order valence-corrected chi connectivity index (χ4v) is 2.18. The number of hydrogen-bond acceptors (Lipinski definition) is 4. The molecule has 1 amide bonds. The summed E-state index contributed by atoms with van der Waals surface area (Å²) in [6.07, 6.45) is 0.0664. The van der Waals surface area contributed by atoms with E-state index in [1.54, 1.807) is 23.6 Å². The lowest BCUT2D eigenvalue weighted by Crippen LogP contribution is -2.31. The Morgan fingerprint density at radius 2 is 1.33 bits per heavy atom. The van der Waals surface area contributed by atoms with Gasteiger partial charge in [0.15, 0.2) is 23.3 Å². The van der Waals surface area contributed by atoms with Gasteiger partial charge in [-0.15, -0.1) is 0 Å². The van der Waals surface area contributed by atoms with Crippen LogP contribution in [0.5, 0.6) is 11.5 Å². The molecule has 0 fully saturated rings. The summed E-state index contributed by atoms with van der Waals surface area (Å²) in [7, 11) is 2.92. The van der Waals surface area contributed by atoms with Gasteiger partial charge in [-0.1, -0.05) is 0 Å². The number of hydrazine groups is 1. The van der Waals surface area contributed by atoms with Crippen molar-refractivity contribution in [3.63, 3.8) is 0 Å². The molecular formula is C17H15F5N2O3. The normalized spacial score (nSPS) is 10.5. The van der Waals surface area contributed by atoms with Crippen LogP contribution in [0.2, 0.25) is 0 Å². The smallest absolute Gasteiger partial charge is 0.238 e. The van der Waals surface area contributed by atoms with E-state index in [1.165, 1.54) is 14.2 Å². The number of halogens is 5. The van der Waals surface area contributed by atoms with Crippen LogP contribution in [0.1, 0.15) is 12.0 Å². The second kappa shape index (κ2) is 8.56. The second-order valence-corrected chi connectivity index (χ2v) is 5.34. The van der Waals surface area contributed by atoms with Crippen LogP contribution in [0, 0.1) is 29.1 Å². The van der Waals surface area contributed by atoms with Gasteiger partial charge in [0, 0.05) is 12.5 Å². The van der Waals surface area contributed by atoms with E-state index in [0.717, 1.165) is 0 Å². The van der Waals surface area contributed by atoms with E-state index in [1.807, 2.05) is 5.43 Å². The molecule has 0 aliphatic heterocycles. The summed E-state index contributed by atoms with van der Waals surface area (Å²) in [6, 6.07) is 4.95. The molecule has 2 aromatic carbocycles. The van der Waals surface area contributed by atoms with E-state index < -0.39 is 40.7 Å². The molecule has 2 N–H and O–H groups in total. The maximum Gasteiger partial charge on any atom is 0.238 e. The Bertz CT molecular complexity index is 810. The minimum atomic E-state index is -2.28. The van der Waals surface area contributed by atoms with Crippen LogP contribution in [0.15, 0.2) is 18.2 Å². The minimum Gasteiger partial charge on any atom is -0.497 e. The van der Waals surface area contributed by atoms with Crippen molar-refractivity contribution in [3.8, 4) is 11.5 Å². The van der Waals surface area contributed by atoms with E-state index in [9.17, 15) is 26.7 Å². The first kappa shape index (κ1) is 20.3. The highest BCUT2D eigenvalue weighted by Crippen LogP contribution is 2.26. The third-order valence-corrected chi connectivity index (χ3v) is 3.59. The van der Waals surface area contributed by atoms with Gasteiger partial charge in [0.25, 0.3) is 0 Å². The van der Waals surface area contributed by atoms with Gasteiger partial charge in [-0.3, -0.25) is 15.6 Å². The predicted octanol–water partition coefficient (Wildman–Crippen LogP) is 3.48. The van der Waals surface area contributed by atoms with Crippen LogP contribution in [-0.2, 0) is 11.2 Å². The number of benzene rings is 2. The largest absolute Gasteiger partial charge is 0.497 e. The molecule has 0 unspecified atom stereocenters. The summed E-state index contributed by atoms with van der Waals surface area (Å²) in [5.41, 5.74) is 2.95. The number of amides is 1. The molecule has 0 aliphatic carbocycles. The van der Waals surface area contributed by atoms with Crippen LogP contribution in [0.4, 0.5) is 27.6 Å². The molecule has 0 saturated heterocycles. The lowest BCUT2D eigenvalue weighted by Gasteiger charge is -2.12. The molecule has 2 aromatic rings. The third-order valence-electron chi connectivity index (χ3n) is 3.59. The highest BCUT2D eigenvalue weighted by atomic mass is 19.2. The quantitative estimate of drug-likeness (QED) is 0.329. The van der Waals surface area contributed by atoms with Gasteiger partial charge in [-0.05, 0) is 24.1 Å². The maximum absolute atomic E-state index is 13.5. The number of carbonyl (C=O) groups excluding carboxylic acids is 1. The standard InChI is InChI=1S/C17H15F5N2O3/c1-26-9-5-8(6-10(7-9)27-2)3-4-11(25)23-24-17-15(21)13(19)12(18)14(20)16(17)22/h5-7,24H,3-4H2,1-2H3,(H,23,25). The van der Waals surface area contributed by atoms with Crippen LogP contribution < -0.4 is 20.3 Å². The van der Waals surface area contributed by atoms with Gasteiger partial charge in [0.1, 0.15) is 17.2 Å². The fourth-order valence-electron chi connectivity index (χ4n) is 2.18. The summed E-state index contributed by atoms with van der Waals surface area (Å²) in [5.74, 6) is -10.4. The lowest BCUT2D eigenvalue weighted by atomic mass is 10.1. The molecule has 0 radical (unpaired) electrons. The molecule has 146 valence electrons. The van der Waals surface area contributed by atoms with E-state index >= 15 is 0 Å². The first-order chi connectivity index (χ1) is 12.8. The van der Waals surface area contributed by atoms with Crippen molar-refractivity contribution in [3.05, 3.63) is 52.8 Å². The van der Waals surface area contributed by atoms with Gasteiger partial charge in [-0.25, -0.2) is 22.0 Å². The van der Waals surface area contributed by atoms with Crippen molar-refractivity contribution in [1.82, 2.24) is 5.43 Å². The highest BCUT2D eigenvalue weighted by molar-refractivity contribution is 5.77. The number of hydrogen-bond donors (Lipinski definition) is 2. The number of rotatable bonds is 7. The lowest BCUT2D eigenvalue weighted by molar-refractivity contribution is -0.120. The maximum atomic E-state index is 13.5. The molecule has 5 nitrogen and oxygen atoms in total. The number of anilines is 1. The van der Waals surface area contributed by atoms with E-state index in [2.05, 4.69) is 0 Å². The SMILES string of the molecule is COc1cc(CCC(=O)NNc2c(F)c(F)c(F)c(F)c2F)cc(OC)c1. The van der Waals surface area contributed by atoms with Crippen molar-refractivity contribution >= 4 is 11.6 Å². The molecule has 2 rings (SSSR count). The zero-order chi connectivity index (χ0) is 20.1. The minimum absolute atomic E-state index is 0.140. The molecule has 0 spiro atoms. The van der Waals surface area contributed by atoms with E-state index in [0.29, 0.717) is 17.1 Å². The molecule has 0 atom stereocenters. The van der Waals surface area contributed by atoms with E-state index in [-0.39, 0.29) is 12.8 Å². The molecule has 27 heavy (non-hydrogen) atoms. The van der Waals surface area contributed by atoms with E-state index in [4.69, 9.17) is 9.47 Å². The Morgan fingerprint density at radius 1 is 0.852 bits per heavy atom. The zero-order valence-electron chi connectivity index (χ0n) is 14.3. The van der Waals surface area contributed by atoms with Crippen LogP contribution in [-0.4, -0.2) is 20.1 Å². The summed E-state index contributed by atoms with van der Waals surface area (Å²) < 4.78 is 76.4. The van der Waals surface area contributed by atoms with Gasteiger partial charge >= 0.3 is 0 Å². The number of nitrogens with one attached hydrogen (secondary N) is 2. The Morgan fingerprint density at radius 3 is 1.81 bits per heavy atom. The molecular weight excluding hydrogens is 375 g/mol. The average molecular weight is 390 g/mol. The van der Waals surface area contributed by atoms with Crippen molar-refractivity contribution in [2.75, 3.05) is 19.6 Å². The van der Waals surface area contributed by atoms with Crippen molar-refractivity contribution < 1.29 is 36.2 Å². The van der Waals surface area contributed by atoms with Crippen LogP contribution >= 0.6 is 0 Å². The van der Waals surface area contributed by atoms with Crippen LogP contribution in [0.25, 0.3) is 0 Å². The Kier molecular flexibility index (Phi) is 6.43. The van der Waals surface area contributed by atoms with Gasteiger partial charge in [-0.2, -0.15) is 0 Å². The highest BCUT2D eigenvalue weighted by Gasteiger charge is 2.26. The number of carbonyl (C=O) groups is 1. The van der Waals surface area contributed by atoms with Crippen LogP contribution in [0.3, 0.4) is 0 Å². The van der Waals surface area contributed by atoms with Crippen molar-refractivity contribution in [2.24, 2.45) is 0 Å². The number of aryl methyl sites for hydroxylation is 1. The molecule has 0 aromatic heterocycles. The monoisotopic (exact) mass is 390 g/mol. The fraction of sp³-hybridized carbons (Fsp3) is 0.235. The second-order valence-electron chi connectivity index (χ2n) is 5.34. The predicted molar refractivity (Wildman–Crippen MR) is 85.9 cm³/mol. The summed E-state index contributed by atoms with van der Waals surface area (Å²) in [5, 5.41) is 0. The topological polar surface area (TPSA) is 59.6 Å². The van der Waals surface area contributed by atoms with Crippen molar-refractivity contribution in [1.29, 1.82) is 0 Å². The summed E-state index contributed by atoms with van der Waals surface area (Å²) in [4.78, 5) is 11.8. The van der Waals surface area contributed by atoms with Gasteiger partial charge < -0.3 is 9.47 Å². The molecule has 0 saturated carbocycles. The average Bonchev–Trinajstić information content (AvgIpc) is 2.68. The Labute approximate surface area is 151 Å². The summed E-state index contributed by atoms with van der Waals surface area (Å²) >= 11 is 0. The first-order valence-electron chi connectivity index (χ1n) is 7.56. The van der Waals surface area contributed by atoms with Gasteiger partial charge in [0.05, 0.1) is 14.2 Å². The first-order valence-corrected chi connectivity index (χ1v) is 7.56. The Balaban J connectivity index is 2.02. The molecule has 10 heteroatoms. The Hall–Kier alpha value is -3.04. The van der Waals surface area contributed by atoms with Gasteiger partial charge in [0.2, 0.25) is 11.7 Å².